The van der Waals surface area contributed by atoms with E-state index in [1.54, 1.807) is 0 Å². The van der Waals surface area contributed by atoms with E-state index in [4.69, 9.17) is 5.11 Å². The monoisotopic (exact) mass is 248 g/mol. The number of thioether (sulfide) groups is 1. The molecule has 1 aromatic heterocycles. The summed E-state index contributed by atoms with van der Waals surface area (Å²) in [5.41, 5.74) is 0.649. The van der Waals surface area contributed by atoms with Crippen LogP contribution in [0.1, 0.15) is 17.7 Å². The molecule has 1 heterocycles. The van der Waals surface area contributed by atoms with Gasteiger partial charge in [-0.05, 0) is 12.5 Å². The van der Waals surface area contributed by atoms with Gasteiger partial charge in [0.05, 0.1) is 6.20 Å². The van der Waals surface area contributed by atoms with E-state index in [1.165, 1.54) is 18.0 Å². The molecule has 0 saturated carbocycles. The Balaban J connectivity index is 2.16. The minimum absolute atomic E-state index is 0.184. The van der Waals surface area contributed by atoms with Crippen molar-refractivity contribution >= 4 is 11.8 Å². The van der Waals surface area contributed by atoms with Crippen LogP contribution in [0.3, 0.4) is 0 Å². The van der Waals surface area contributed by atoms with Gasteiger partial charge in [0.15, 0.2) is 10.9 Å². The van der Waals surface area contributed by atoms with Gasteiger partial charge >= 0.3 is 0 Å². The fourth-order valence-electron chi connectivity index (χ4n) is 1.39. The second-order valence-corrected chi connectivity index (χ2v) is 4.90. The van der Waals surface area contributed by atoms with Crippen LogP contribution in [-0.2, 0) is 0 Å². The van der Waals surface area contributed by atoms with E-state index in [2.05, 4.69) is 9.97 Å². The van der Waals surface area contributed by atoms with Crippen LogP contribution in [0.5, 0.6) is 5.75 Å². The Bertz CT molecular complexity index is 554. The number of nitrogens with one attached hydrogen (secondary N) is 1. The van der Waals surface area contributed by atoms with Crippen LogP contribution in [0.4, 0.5) is 0 Å². The molecule has 0 fully saturated rings. The molecular formula is C12H12N2O2S. The van der Waals surface area contributed by atoms with Crippen LogP contribution in [0, 0.1) is 0 Å². The molecule has 2 aromatic rings. The van der Waals surface area contributed by atoms with E-state index in [0.29, 0.717) is 5.16 Å². The first-order valence-corrected chi connectivity index (χ1v) is 6.04. The summed E-state index contributed by atoms with van der Waals surface area (Å²) in [5, 5.41) is 9.77. The lowest BCUT2D eigenvalue weighted by Crippen LogP contribution is -2.07. The Labute approximate surface area is 103 Å². The number of aromatic hydroxyl groups is 1. The summed E-state index contributed by atoms with van der Waals surface area (Å²) < 4.78 is 0. The number of aromatic nitrogens is 2. The van der Waals surface area contributed by atoms with Crippen molar-refractivity contribution in [1.82, 2.24) is 9.97 Å². The van der Waals surface area contributed by atoms with Crippen molar-refractivity contribution in [2.45, 2.75) is 17.3 Å². The van der Waals surface area contributed by atoms with Gasteiger partial charge in [0, 0.05) is 5.25 Å². The molecule has 0 aliphatic heterocycles. The van der Waals surface area contributed by atoms with Gasteiger partial charge in [0.25, 0.3) is 5.56 Å². The molecule has 2 N–H and O–H groups in total. The summed E-state index contributed by atoms with van der Waals surface area (Å²) in [4.78, 5) is 17.7. The van der Waals surface area contributed by atoms with Crippen molar-refractivity contribution in [1.29, 1.82) is 0 Å². The lowest BCUT2D eigenvalue weighted by molar-refractivity contribution is 0.460. The van der Waals surface area contributed by atoms with Gasteiger partial charge in [-0.1, -0.05) is 42.1 Å². The van der Waals surface area contributed by atoms with E-state index in [-0.39, 0.29) is 11.0 Å². The lowest BCUT2D eigenvalue weighted by Gasteiger charge is -2.10. The summed E-state index contributed by atoms with van der Waals surface area (Å²) in [6.45, 7) is 2.03. The van der Waals surface area contributed by atoms with Crippen molar-refractivity contribution in [3.8, 4) is 5.75 Å². The number of benzene rings is 1. The molecule has 0 aliphatic carbocycles. The highest BCUT2D eigenvalue weighted by Gasteiger charge is 2.09. The van der Waals surface area contributed by atoms with Gasteiger partial charge in [-0.3, -0.25) is 9.78 Å². The molecule has 1 aromatic carbocycles. The molecule has 0 saturated heterocycles. The molecule has 2 rings (SSSR count). The SMILES string of the molecule is C[C@@H](Sc1ncc(O)c(=O)[nH]1)c1ccccc1. The zero-order valence-corrected chi connectivity index (χ0v) is 10.1. The molecule has 88 valence electrons. The maximum atomic E-state index is 11.2. The standard InChI is InChI=1S/C12H12N2O2S/c1-8(9-5-3-2-4-6-9)17-12-13-7-10(15)11(16)14-12/h2-8,15H,1H3,(H,13,14,16)/t8-/m1/s1. The van der Waals surface area contributed by atoms with Crippen molar-refractivity contribution in [3.63, 3.8) is 0 Å². The van der Waals surface area contributed by atoms with Crippen LogP contribution >= 0.6 is 11.8 Å². The summed E-state index contributed by atoms with van der Waals surface area (Å²) in [5.74, 6) is -0.360. The Hall–Kier alpha value is -1.75. The van der Waals surface area contributed by atoms with Crippen LogP contribution in [0.15, 0.2) is 46.5 Å². The fourth-order valence-corrected chi connectivity index (χ4v) is 2.28. The van der Waals surface area contributed by atoms with Gasteiger partial charge < -0.3 is 5.11 Å². The molecule has 0 unspecified atom stereocenters. The van der Waals surface area contributed by atoms with Crippen LogP contribution < -0.4 is 5.56 Å². The summed E-state index contributed by atoms with van der Waals surface area (Å²) in [6, 6.07) is 9.95. The summed E-state index contributed by atoms with van der Waals surface area (Å²) >= 11 is 1.44. The average molecular weight is 248 g/mol. The molecule has 17 heavy (non-hydrogen) atoms. The molecule has 1 atom stereocenters. The first kappa shape index (κ1) is 11.7. The van der Waals surface area contributed by atoms with Gasteiger partial charge in [0.2, 0.25) is 0 Å². The van der Waals surface area contributed by atoms with Gasteiger partial charge in [-0.15, -0.1) is 0 Å². The highest BCUT2D eigenvalue weighted by Crippen LogP contribution is 2.31. The van der Waals surface area contributed by atoms with Crippen LogP contribution in [-0.4, -0.2) is 15.1 Å². The van der Waals surface area contributed by atoms with Crippen LogP contribution in [0.25, 0.3) is 0 Å². The molecule has 0 aliphatic rings. The topological polar surface area (TPSA) is 66.0 Å². The Morgan fingerprint density at radius 3 is 2.71 bits per heavy atom. The van der Waals surface area contributed by atoms with Crippen molar-refractivity contribution < 1.29 is 5.11 Å². The zero-order valence-electron chi connectivity index (χ0n) is 9.25. The van der Waals surface area contributed by atoms with Gasteiger partial charge in [0.1, 0.15) is 0 Å². The quantitative estimate of drug-likeness (QED) is 0.646. The highest BCUT2D eigenvalue weighted by molar-refractivity contribution is 7.99. The van der Waals surface area contributed by atoms with Crippen molar-refractivity contribution in [2.75, 3.05) is 0 Å². The predicted octanol–water partition coefficient (Wildman–Crippen LogP) is 2.33. The largest absolute Gasteiger partial charge is 0.502 e. The van der Waals surface area contributed by atoms with E-state index >= 15 is 0 Å². The molecule has 0 amide bonds. The maximum absolute atomic E-state index is 11.2. The second-order valence-electron chi connectivity index (χ2n) is 3.57. The number of hydrogen-bond acceptors (Lipinski definition) is 4. The van der Waals surface area contributed by atoms with Gasteiger partial charge in [-0.25, -0.2) is 4.98 Å². The Morgan fingerprint density at radius 2 is 2.06 bits per heavy atom. The zero-order chi connectivity index (χ0) is 12.3. The number of H-pyrrole nitrogens is 1. The fraction of sp³-hybridized carbons (Fsp3) is 0.167. The number of hydrogen-bond donors (Lipinski definition) is 2. The minimum Gasteiger partial charge on any atom is -0.502 e. The third kappa shape index (κ3) is 2.88. The summed E-state index contributed by atoms with van der Waals surface area (Å²) in [6.07, 6.45) is 1.17. The van der Waals surface area contributed by atoms with Gasteiger partial charge in [-0.2, -0.15) is 0 Å². The highest BCUT2D eigenvalue weighted by atomic mass is 32.2. The van der Waals surface area contributed by atoms with E-state index < -0.39 is 5.56 Å². The number of aromatic amines is 1. The predicted molar refractivity (Wildman–Crippen MR) is 67.2 cm³/mol. The Morgan fingerprint density at radius 1 is 1.35 bits per heavy atom. The van der Waals surface area contributed by atoms with E-state index in [0.717, 1.165) is 5.56 Å². The first-order valence-electron chi connectivity index (χ1n) is 5.16. The first-order chi connectivity index (χ1) is 8.16. The maximum Gasteiger partial charge on any atom is 0.293 e. The smallest absolute Gasteiger partial charge is 0.293 e. The number of rotatable bonds is 3. The molecule has 0 bridgehead atoms. The normalized spacial score (nSPS) is 12.3. The van der Waals surface area contributed by atoms with Crippen molar-refractivity contribution in [3.05, 3.63) is 52.4 Å². The third-order valence-electron chi connectivity index (χ3n) is 2.31. The lowest BCUT2D eigenvalue weighted by atomic mass is 10.2. The Kier molecular flexibility index (Phi) is 3.49. The third-order valence-corrected chi connectivity index (χ3v) is 3.37. The molecule has 0 spiro atoms. The molecule has 0 radical (unpaired) electrons. The van der Waals surface area contributed by atoms with Crippen LogP contribution in [0.2, 0.25) is 0 Å². The number of nitrogens with zero attached hydrogens (tertiary/aromatic N) is 1. The molecule has 5 heteroatoms. The molecule has 4 nitrogen and oxygen atoms in total. The van der Waals surface area contributed by atoms with Crippen molar-refractivity contribution in [2.24, 2.45) is 0 Å². The van der Waals surface area contributed by atoms with E-state index in [9.17, 15) is 4.79 Å². The summed E-state index contributed by atoms with van der Waals surface area (Å²) in [7, 11) is 0. The minimum atomic E-state index is -0.511. The average Bonchev–Trinajstić information content (AvgIpc) is 2.35. The van der Waals surface area contributed by atoms with E-state index in [1.807, 2.05) is 37.3 Å². The molecular weight excluding hydrogens is 236 g/mol. The second kappa shape index (κ2) is 5.05.